The van der Waals surface area contributed by atoms with Gasteiger partial charge in [-0.15, -0.1) is 0 Å². The fourth-order valence-electron chi connectivity index (χ4n) is 2.79. The second kappa shape index (κ2) is 4.65. The van der Waals surface area contributed by atoms with E-state index >= 15 is 0 Å². The van der Waals surface area contributed by atoms with E-state index in [1.807, 2.05) is 11.8 Å². The molecule has 2 aromatic rings. The van der Waals surface area contributed by atoms with Crippen LogP contribution in [0.1, 0.15) is 52.0 Å². The Morgan fingerprint density at radius 2 is 2.24 bits per heavy atom. The maximum Gasteiger partial charge on any atom is 0.257 e. The predicted octanol–water partition coefficient (Wildman–Crippen LogP) is 1.58. The lowest BCUT2D eigenvalue weighted by Gasteiger charge is -2.26. The van der Waals surface area contributed by atoms with Gasteiger partial charge < -0.3 is 9.88 Å². The summed E-state index contributed by atoms with van der Waals surface area (Å²) in [6, 6.07) is 0. The summed E-state index contributed by atoms with van der Waals surface area (Å²) in [5.74, 6) is 1.41. The number of aromatic nitrogens is 4. The van der Waals surface area contributed by atoms with Crippen LogP contribution in [0.4, 0.5) is 0 Å². The zero-order valence-electron chi connectivity index (χ0n) is 12.0. The molecule has 1 fully saturated rings. The van der Waals surface area contributed by atoms with Gasteiger partial charge in [-0.1, -0.05) is 0 Å². The number of aryl methyl sites for hydroxylation is 1. The summed E-state index contributed by atoms with van der Waals surface area (Å²) in [5.41, 5.74) is 3.49. The molecule has 6 heteroatoms. The standard InChI is InChI=1S/C15H17N5O/c1-9-11(6-16-14(19-9)10-2-3-10)15(21)20-5-4-12-13(7-20)18-8-17-12/h6,8,10H,2-5,7H2,1H3,(H,17,18). The monoisotopic (exact) mass is 283 g/mol. The van der Waals surface area contributed by atoms with Crippen molar-refractivity contribution in [3.05, 3.63) is 41.0 Å². The van der Waals surface area contributed by atoms with E-state index in [0.717, 1.165) is 29.3 Å². The van der Waals surface area contributed by atoms with Crippen molar-refractivity contribution in [1.29, 1.82) is 0 Å². The van der Waals surface area contributed by atoms with Crippen LogP contribution in [0.25, 0.3) is 0 Å². The summed E-state index contributed by atoms with van der Waals surface area (Å²) >= 11 is 0. The number of amides is 1. The van der Waals surface area contributed by atoms with Gasteiger partial charge in [-0.25, -0.2) is 15.0 Å². The van der Waals surface area contributed by atoms with E-state index in [9.17, 15) is 4.79 Å². The van der Waals surface area contributed by atoms with Crippen molar-refractivity contribution < 1.29 is 4.79 Å². The Morgan fingerprint density at radius 1 is 1.38 bits per heavy atom. The Labute approximate surface area is 122 Å². The normalized spacial score (nSPS) is 17.7. The number of hydrogen-bond acceptors (Lipinski definition) is 4. The predicted molar refractivity (Wildman–Crippen MR) is 75.8 cm³/mol. The van der Waals surface area contributed by atoms with Gasteiger partial charge >= 0.3 is 0 Å². The highest BCUT2D eigenvalue weighted by Gasteiger charge is 2.29. The fraction of sp³-hybridized carbons (Fsp3) is 0.467. The van der Waals surface area contributed by atoms with Crippen molar-refractivity contribution in [2.45, 2.75) is 38.6 Å². The Balaban J connectivity index is 1.57. The SMILES string of the molecule is Cc1nc(C2CC2)ncc1C(=O)N1CCc2nc[nH]c2C1. The second-order valence-corrected chi connectivity index (χ2v) is 5.81. The lowest BCUT2D eigenvalue weighted by molar-refractivity contribution is 0.0730. The van der Waals surface area contributed by atoms with Crippen molar-refractivity contribution >= 4 is 5.91 Å². The van der Waals surface area contributed by atoms with Gasteiger partial charge in [0.25, 0.3) is 5.91 Å². The average Bonchev–Trinajstić information content (AvgIpc) is 3.24. The molecule has 2 aromatic heterocycles. The lowest BCUT2D eigenvalue weighted by Crippen LogP contribution is -2.36. The molecule has 1 saturated carbocycles. The van der Waals surface area contributed by atoms with Gasteiger partial charge in [0.05, 0.1) is 35.5 Å². The van der Waals surface area contributed by atoms with Gasteiger partial charge in [0.15, 0.2) is 0 Å². The van der Waals surface area contributed by atoms with E-state index in [1.165, 1.54) is 12.8 Å². The quantitative estimate of drug-likeness (QED) is 0.908. The molecule has 0 unspecified atom stereocenters. The van der Waals surface area contributed by atoms with E-state index < -0.39 is 0 Å². The molecule has 2 aliphatic rings. The Bertz CT molecular complexity index is 704. The molecule has 1 N–H and O–H groups in total. The van der Waals surface area contributed by atoms with E-state index in [-0.39, 0.29) is 5.91 Å². The van der Waals surface area contributed by atoms with Crippen LogP contribution in [-0.4, -0.2) is 37.3 Å². The number of H-pyrrole nitrogens is 1. The molecule has 108 valence electrons. The van der Waals surface area contributed by atoms with E-state index in [4.69, 9.17) is 0 Å². The van der Waals surface area contributed by atoms with E-state index in [0.29, 0.717) is 24.6 Å². The summed E-state index contributed by atoms with van der Waals surface area (Å²) in [4.78, 5) is 30.7. The molecular formula is C15H17N5O. The topological polar surface area (TPSA) is 74.8 Å². The van der Waals surface area contributed by atoms with Gasteiger partial charge in [0.1, 0.15) is 5.82 Å². The molecule has 0 saturated heterocycles. The van der Waals surface area contributed by atoms with Crippen LogP contribution in [0.15, 0.2) is 12.5 Å². The highest BCUT2D eigenvalue weighted by Crippen LogP contribution is 2.38. The summed E-state index contributed by atoms with van der Waals surface area (Å²) in [6.07, 6.45) is 6.52. The third-order valence-corrected chi connectivity index (χ3v) is 4.23. The first-order valence-corrected chi connectivity index (χ1v) is 7.36. The third kappa shape index (κ3) is 2.20. The number of imidazole rings is 1. The van der Waals surface area contributed by atoms with Crippen LogP contribution >= 0.6 is 0 Å². The van der Waals surface area contributed by atoms with Gasteiger partial charge in [0, 0.05) is 25.1 Å². The van der Waals surface area contributed by atoms with E-state index in [1.54, 1.807) is 12.5 Å². The number of nitrogens with one attached hydrogen (secondary N) is 1. The van der Waals surface area contributed by atoms with Crippen LogP contribution in [0.5, 0.6) is 0 Å². The van der Waals surface area contributed by atoms with Gasteiger partial charge in [-0.05, 0) is 19.8 Å². The van der Waals surface area contributed by atoms with Crippen LogP contribution in [0.3, 0.4) is 0 Å². The molecular weight excluding hydrogens is 266 g/mol. The average molecular weight is 283 g/mol. The van der Waals surface area contributed by atoms with Crippen LogP contribution in [0.2, 0.25) is 0 Å². The van der Waals surface area contributed by atoms with Crippen molar-refractivity contribution in [3.8, 4) is 0 Å². The highest BCUT2D eigenvalue weighted by atomic mass is 16.2. The maximum absolute atomic E-state index is 12.7. The van der Waals surface area contributed by atoms with Crippen LogP contribution in [-0.2, 0) is 13.0 Å². The molecule has 4 rings (SSSR count). The van der Waals surface area contributed by atoms with Crippen molar-refractivity contribution in [2.24, 2.45) is 0 Å². The van der Waals surface area contributed by atoms with Crippen molar-refractivity contribution in [2.75, 3.05) is 6.54 Å². The summed E-state index contributed by atoms with van der Waals surface area (Å²) in [7, 11) is 0. The Hall–Kier alpha value is -2.24. The molecule has 3 heterocycles. The fourth-order valence-corrected chi connectivity index (χ4v) is 2.79. The molecule has 0 spiro atoms. The number of carbonyl (C=O) groups excluding carboxylic acids is 1. The zero-order valence-corrected chi connectivity index (χ0v) is 12.0. The van der Waals surface area contributed by atoms with E-state index in [2.05, 4.69) is 19.9 Å². The minimum atomic E-state index is 0.00935. The molecule has 0 bridgehead atoms. The summed E-state index contributed by atoms with van der Waals surface area (Å²) in [5, 5.41) is 0. The first-order chi connectivity index (χ1) is 10.2. The molecule has 0 radical (unpaired) electrons. The molecule has 1 amide bonds. The largest absolute Gasteiger partial charge is 0.347 e. The number of aromatic amines is 1. The van der Waals surface area contributed by atoms with Crippen molar-refractivity contribution in [1.82, 2.24) is 24.8 Å². The van der Waals surface area contributed by atoms with Gasteiger partial charge in [0.2, 0.25) is 0 Å². The molecule has 0 aromatic carbocycles. The number of carbonyl (C=O) groups is 1. The van der Waals surface area contributed by atoms with Crippen molar-refractivity contribution in [3.63, 3.8) is 0 Å². The highest BCUT2D eigenvalue weighted by molar-refractivity contribution is 5.95. The van der Waals surface area contributed by atoms with Crippen LogP contribution < -0.4 is 0 Å². The summed E-state index contributed by atoms with van der Waals surface area (Å²) < 4.78 is 0. The molecule has 21 heavy (non-hydrogen) atoms. The van der Waals surface area contributed by atoms with Gasteiger partial charge in [-0.3, -0.25) is 4.79 Å². The molecule has 1 aliphatic carbocycles. The summed E-state index contributed by atoms with van der Waals surface area (Å²) in [6.45, 7) is 3.17. The second-order valence-electron chi connectivity index (χ2n) is 5.81. The first kappa shape index (κ1) is 12.5. The van der Waals surface area contributed by atoms with Crippen LogP contribution in [0, 0.1) is 6.92 Å². The third-order valence-electron chi connectivity index (χ3n) is 4.23. The minimum absolute atomic E-state index is 0.00935. The lowest BCUT2D eigenvalue weighted by atomic mass is 10.1. The molecule has 0 atom stereocenters. The zero-order chi connectivity index (χ0) is 14.4. The number of fused-ring (bicyclic) bond motifs is 1. The number of nitrogens with zero attached hydrogens (tertiary/aromatic N) is 4. The minimum Gasteiger partial charge on any atom is -0.347 e. The number of hydrogen-bond donors (Lipinski definition) is 1. The smallest absolute Gasteiger partial charge is 0.257 e. The number of rotatable bonds is 2. The first-order valence-electron chi connectivity index (χ1n) is 7.36. The Kier molecular flexibility index (Phi) is 2.77. The maximum atomic E-state index is 12.7. The molecule has 6 nitrogen and oxygen atoms in total. The molecule has 1 aliphatic heterocycles. The Morgan fingerprint density at radius 3 is 3.00 bits per heavy atom. The van der Waals surface area contributed by atoms with Gasteiger partial charge in [-0.2, -0.15) is 0 Å².